The van der Waals surface area contributed by atoms with Gasteiger partial charge in [0.2, 0.25) is 17.7 Å². The predicted octanol–water partition coefficient (Wildman–Crippen LogP) is 2.46. The fraction of sp³-hybridized carbons (Fsp3) is 0.158. The maximum absolute atomic E-state index is 12.8. The minimum Gasteiger partial charge on any atom is -0.419 e. The molecule has 0 radical (unpaired) electrons. The van der Waals surface area contributed by atoms with Crippen LogP contribution >= 0.6 is 0 Å². The van der Waals surface area contributed by atoms with Gasteiger partial charge in [-0.15, -0.1) is 10.2 Å². The molecule has 7 nitrogen and oxygen atoms in total. The molecule has 3 aromatic rings. The van der Waals surface area contributed by atoms with Gasteiger partial charge in [0, 0.05) is 18.1 Å². The lowest BCUT2D eigenvalue weighted by Crippen LogP contribution is -2.36. The van der Waals surface area contributed by atoms with Crippen molar-refractivity contribution in [2.75, 3.05) is 4.90 Å². The molecule has 130 valence electrons. The second-order valence-corrected chi connectivity index (χ2v) is 5.98. The van der Waals surface area contributed by atoms with Crippen LogP contribution in [0, 0.1) is 0 Å². The summed E-state index contributed by atoms with van der Waals surface area (Å²) in [4.78, 5) is 25.8. The first-order valence-corrected chi connectivity index (χ1v) is 8.18. The van der Waals surface area contributed by atoms with Gasteiger partial charge in [0.1, 0.15) is 12.6 Å². The number of nitrogens with zero attached hydrogens (tertiary/aromatic N) is 3. The third kappa shape index (κ3) is 2.83. The van der Waals surface area contributed by atoms with E-state index in [0.717, 1.165) is 16.8 Å². The van der Waals surface area contributed by atoms with E-state index in [9.17, 15) is 9.59 Å². The third-order valence-electron chi connectivity index (χ3n) is 4.18. The number of carbonyl (C=O) groups is 2. The van der Waals surface area contributed by atoms with Gasteiger partial charge in [-0.1, -0.05) is 36.4 Å². The molecule has 1 aromatic heterocycles. The number of anilines is 1. The average molecular weight is 348 g/mol. The van der Waals surface area contributed by atoms with E-state index in [0.29, 0.717) is 11.8 Å². The van der Waals surface area contributed by atoms with Crippen molar-refractivity contribution in [1.82, 2.24) is 15.5 Å². The molecule has 1 atom stereocenters. The zero-order chi connectivity index (χ0) is 18.1. The number of hydrogen-bond donors (Lipinski definition) is 1. The van der Waals surface area contributed by atoms with Crippen molar-refractivity contribution in [2.24, 2.45) is 0 Å². The molecule has 0 saturated heterocycles. The number of benzene rings is 2. The monoisotopic (exact) mass is 348 g/mol. The standard InChI is InChI=1S/C19H16N4O3/c1-12(24)20-17-14-9-5-6-10-15(14)23(19(17)25)11-16-21-22-18(26-16)13-7-3-2-4-8-13/h2-10,17H,11H2,1H3,(H,20,24)/t17-/m1/s1. The highest BCUT2D eigenvalue weighted by Gasteiger charge is 2.38. The van der Waals surface area contributed by atoms with Crippen LogP contribution in [0.3, 0.4) is 0 Å². The quantitative estimate of drug-likeness (QED) is 0.782. The van der Waals surface area contributed by atoms with E-state index in [4.69, 9.17) is 4.42 Å². The number of para-hydroxylation sites is 1. The van der Waals surface area contributed by atoms with Gasteiger partial charge in [0.15, 0.2) is 0 Å². The molecule has 0 spiro atoms. The zero-order valence-corrected chi connectivity index (χ0v) is 14.0. The Morgan fingerprint density at radius 2 is 1.85 bits per heavy atom. The normalized spacial score (nSPS) is 15.8. The molecule has 2 aromatic carbocycles. The van der Waals surface area contributed by atoms with E-state index in [1.165, 1.54) is 6.92 Å². The summed E-state index contributed by atoms with van der Waals surface area (Å²) in [6, 6.07) is 16.1. The van der Waals surface area contributed by atoms with E-state index < -0.39 is 6.04 Å². The van der Waals surface area contributed by atoms with Crippen molar-refractivity contribution in [3.63, 3.8) is 0 Å². The summed E-state index contributed by atoms with van der Waals surface area (Å²) < 4.78 is 5.71. The molecule has 0 bridgehead atoms. The maximum Gasteiger partial charge on any atom is 0.254 e. The summed E-state index contributed by atoms with van der Waals surface area (Å²) in [6.45, 7) is 1.54. The summed E-state index contributed by atoms with van der Waals surface area (Å²) in [7, 11) is 0. The van der Waals surface area contributed by atoms with Crippen LogP contribution in [0.15, 0.2) is 59.0 Å². The first-order valence-electron chi connectivity index (χ1n) is 8.18. The van der Waals surface area contributed by atoms with Gasteiger partial charge < -0.3 is 14.6 Å². The van der Waals surface area contributed by atoms with Crippen molar-refractivity contribution in [2.45, 2.75) is 19.5 Å². The minimum absolute atomic E-state index is 0.145. The SMILES string of the molecule is CC(=O)N[C@H]1C(=O)N(Cc2nnc(-c3ccccc3)o2)c2ccccc21. The topological polar surface area (TPSA) is 88.3 Å². The maximum atomic E-state index is 12.8. The first-order chi connectivity index (χ1) is 12.6. The molecule has 1 aliphatic heterocycles. The number of carbonyl (C=O) groups excluding carboxylic acids is 2. The molecule has 2 amide bonds. The van der Waals surface area contributed by atoms with Crippen LogP contribution in [0.2, 0.25) is 0 Å². The van der Waals surface area contributed by atoms with E-state index >= 15 is 0 Å². The second-order valence-electron chi connectivity index (χ2n) is 5.98. The van der Waals surface area contributed by atoms with Gasteiger partial charge in [-0.25, -0.2) is 0 Å². The molecule has 1 aliphatic rings. The van der Waals surface area contributed by atoms with E-state index in [-0.39, 0.29) is 18.4 Å². The van der Waals surface area contributed by atoms with Gasteiger partial charge in [0.25, 0.3) is 5.91 Å². The van der Waals surface area contributed by atoms with Gasteiger partial charge in [-0.05, 0) is 18.2 Å². The molecule has 0 fully saturated rings. The number of fused-ring (bicyclic) bond motifs is 1. The lowest BCUT2D eigenvalue weighted by Gasteiger charge is -2.15. The highest BCUT2D eigenvalue weighted by atomic mass is 16.4. The lowest BCUT2D eigenvalue weighted by atomic mass is 10.1. The Balaban J connectivity index is 1.61. The largest absolute Gasteiger partial charge is 0.419 e. The van der Waals surface area contributed by atoms with Crippen molar-refractivity contribution < 1.29 is 14.0 Å². The summed E-state index contributed by atoms with van der Waals surface area (Å²) in [5, 5.41) is 10.8. The van der Waals surface area contributed by atoms with E-state index in [1.807, 2.05) is 54.6 Å². The number of rotatable bonds is 4. The molecule has 0 unspecified atom stereocenters. The summed E-state index contributed by atoms with van der Waals surface area (Å²) in [5.41, 5.74) is 2.31. The molecular formula is C19H16N4O3. The molecule has 4 rings (SSSR count). The highest BCUT2D eigenvalue weighted by Crippen LogP contribution is 2.36. The van der Waals surface area contributed by atoms with Crippen LogP contribution in [0.5, 0.6) is 0 Å². The Labute approximate surface area is 149 Å². The van der Waals surface area contributed by atoms with Crippen LogP contribution in [0.1, 0.15) is 24.4 Å². The third-order valence-corrected chi connectivity index (χ3v) is 4.18. The molecule has 7 heteroatoms. The highest BCUT2D eigenvalue weighted by molar-refractivity contribution is 6.05. The lowest BCUT2D eigenvalue weighted by molar-refractivity contribution is -0.126. The molecule has 0 saturated carbocycles. The number of aromatic nitrogens is 2. The van der Waals surface area contributed by atoms with Crippen molar-refractivity contribution in [3.8, 4) is 11.5 Å². The summed E-state index contributed by atoms with van der Waals surface area (Å²) >= 11 is 0. The fourth-order valence-corrected chi connectivity index (χ4v) is 3.04. The number of amides is 2. The van der Waals surface area contributed by atoms with Gasteiger partial charge in [-0.2, -0.15) is 0 Å². The van der Waals surface area contributed by atoms with Crippen LogP contribution in [-0.2, 0) is 16.1 Å². The fourth-order valence-electron chi connectivity index (χ4n) is 3.04. The van der Waals surface area contributed by atoms with Crippen LogP contribution in [0.25, 0.3) is 11.5 Å². The first kappa shape index (κ1) is 16.0. The Morgan fingerprint density at radius 3 is 2.62 bits per heavy atom. The Kier molecular flexibility index (Phi) is 3.96. The van der Waals surface area contributed by atoms with Crippen LogP contribution in [0.4, 0.5) is 5.69 Å². The van der Waals surface area contributed by atoms with Crippen molar-refractivity contribution >= 4 is 17.5 Å². The van der Waals surface area contributed by atoms with Crippen LogP contribution < -0.4 is 10.2 Å². The van der Waals surface area contributed by atoms with E-state index in [2.05, 4.69) is 15.5 Å². The molecule has 26 heavy (non-hydrogen) atoms. The number of hydrogen-bond acceptors (Lipinski definition) is 5. The second kappa shape index (κ2) is 6.44. The van der Waals surface area contributed by atoms with Gasteiger partial charge in [-0.3, -0.25) is 9.59 Å². The molecule has 2 heterocycles. The smallest absolute Gasteiger partial charge is 0.254 e. The van der Waals surface area contributed by atoms with Gasteiger partial charge >= 0.3 is 0 Å². The zero-order valence-electron chi connectivity index (χ0n) is 14.0. The minimum atomic E-state index is -0.694. The summed E-state index contributed by atoms with van der Waals surface area (Å²) in [5.74, 6) is 0.249. The van der Waals surface area contributed by atoms with Crippen LogP contribution in [-0.4, -0.2) is 22.0 Å². The molecule has 0 aliphatic carbocycles. The molecular weight excluding hydrogens is 332 g/mol. The van der Waals surface area contributed by atoms with E-state index in [1.54, 1.807) is 4.90 Å². The predicted molar refractivity (Wildman–Crippen MR) is 93.9 cm³/mol. The Morgan fingerprint density at radius 1 is 1.12 bits per heavy atom. The number of nitrogens with one attached hydrogen (secondary N) is 1. The average Bonchev–Trinajstić information content (AvgIpc) is 3.22. The van der Waals surface area contributed by atoms with Gasteiger partial charge in [0.05, 0.1) is 5.69 Å². The summed E-state index contributed by atoms with van der Waals surface area (Å²) in [6.07, 6.45) is 0. The Bertz CT molecular complexity index is 968. The Hall–Kier alpha value is -3.48. The molecule has 1 N–H and O–H groups in total. The van der Waals surface area contributed by atoms with Crippen molar-refractivity contribution in [1.29, 1.82) is 0 Å². The van der Waals surface area contributed by atoms with Crippen molar-refractivity contribution in [3.05, 3.63) is 66.1 Å².